The van der Waals surface area contributed by atoms with Crippen LogP contribution in [0.25, 0.3) is 0 Å². The first-order chi connectivity index (χ1) is 9.50. The van der Waals surface area contributed by atoms with Crippen LogP contribution in [0, 0.1) is 0 Å². The van der Waals surface area contributed by atoms with E-state index in [0.717, 1.165) is 0 Å². The molecule has 7 heteroatoms. The van der Waals surface area contributed by atoms with E-state index >= 15 is 0 Å². The van der Waals surface area contributed by atoms with Gasteiger partial charge in [0.1, 0.15) is 11.7 Å². The molecule has 0 aromatic carbocycles. The van der Waals surface area contributed by atoms with Crippen molar-refractivity contribution in [3.63, 3.8) is 0 Å². The largest absolute Gasteiger partial charge is 0.347 e. The van der Waals surface area contributed by atoms with Gasteiger partial charge in [-0.2, -0.15) is 0 Å². The van der Waals surface area contributed by atoms with Crippen LogP contribution in [0.4, 0.5) is 0 Å². The monoisotopic (exact) mass is 296 g/mol. The second-order valence-corrected chi connectivity index (χ2v) is 5.25. The summed E-state index contributed by atoms with van der Waals surface area (Å²) < 4.78 is 0. The molecule has 2 heterocycles. The van der Waals surface area contributed by atoms with E-state index in [-0.39, 0.29) is 11.8 Å². The van der Waals surface area contributed by atoms with E-state index in [4.69, 9.17) is 11.6 Å². The zero-order chi connectivity index (χ0) is 14.7. The van der Waals surface area contributed by atoms with Gasteiger partial charge >= 0.3 is 0 Å². The number of carbonyl (C=O) groups excluding carboxylic acids is 2. The number of carbonyl (C=O) groups is 2. The topological polar surface area (TPSA) is 65.5 Å². The van der Waals surface area contributed by atoms with Crippen molar-refractivity contribution in [1.82, 2.24) is 20.1 Å². The van der Waals surface area contributed by atoms with Gasteiger partial charge in [-0.25, -0.2) is 4.98 Å². The first-order valence-corrected chi connectivity index (χ1v) is 6.73. The Labute approximate surface area is 122 Å². The Morgan fingerprint density at radius 3 is 2.80 bits per heavy atom. The summed E-state index contributed by atoms with van der Waals surface area (Å²) in [6.45, 7) is 1.60. The number of pyridine rings is 1. The van der Waals surface area contributed by atoms with E-state index in [2.05, 4.69) is 10.3 Å². The maximum Gasteiger partial charge on any atom is 0.273 e. The Hall–Kier alpha value is -1.66. The number of amides is 2. The third-order valence-corrected chi connectivity index (χ3v) is 3.40. The third-order valence-electron chi connectivity index (χ3n) is 3.18. The lowest BCUT2D eigenvalue weighted by Crippen LogP contribution is -2.59. The van der Waals surface area contributed by atoms with Gasteiger partial charge in [0.2, 0.25) is 5.91 Å². The van der Waals surface area contributed by atoms with Crippen LogP contribution in [0.1, 0.15) is 10.5 Å². The predicted molar refractivity (Wildman–Crippen MR) is 75.6 cm³/mol. The Balaban J connectivity index is 2.21. The number of piperazine rings is 1. The van der Waals surface area contributed by atoms with Crippen LogP contribution in [0.2, 0.25) is 5.02 Å². The molecule has 0 radical (unpaired) electrons. The van der Waals surface area contributed by atoms with Crippen molar-refractivity contribution in [2.45, 2.75) is 6.04 Å². The number of nitrogens with zero attached hydrogens (tertiary/aromatic N) is 3. The van der Waals surface area contributed by atoms with Crippen molar-refractivity contribution in [3.8, 4) is 0 Å². The first-order valence-electron chi connectivity index (χ1n) is 6.35. The van der Waals surface area contributed by atoms with Crippen molar-refractivity contribution in [3.05, 3.63) is 29.0 Å². The molecule has 0 aliphatic carbocycles. The molecule has 0 bridgehead atoms. The van der Waals surface area contributed by atoms with Crippen LogP contribution < -0.4 is 5.32 Å². The smallest absolute Gasteiger partial charge is 0.273 e. The van der Waals surface area contributed by atoms with Gasteiger partial charge in [0.05, 0.1) is 5.02 Å². The lowest BCUT2D eigenvalue weighted by atomic mass is 10.1. The summed E-state index contributed by atoms with van der Waals surface area (Å²) in [6, 6.07) is 2.69. The molecule has 2 amide bonds. The van der Waals surface area contributed by atoms with Crippen LogP contribution >= 0.6 is 11.6 Å². The maximum absolute atomic E-state index is 12.5. The average Bonchev–Trinajstić information content (AvgIpc) is 2.46. The van der Waals surface area contributed by atoms with Crippen molar-refractivity contribution in [2.75, 3.05) is 33.7 Å². The second kappa shape index (κ2) is 6.19. The van der Waals surface area contributed by atoms with Crippen molar-refractivity contribution >= 4 is 23.4 Å². The molecule has 1 atom stereocenters. The standard InChI is InChI=1S/C13H17ClN4O2/c1-17(2)13(20)11-8-15-5-6-18(11)12(19)10-4-3-9(14)7-16-10/h3-4,7,11,15H,5-6,8H2,1-2H3. The summed E-state index contributed by atoms with van der Waals surface area (Å²) in [5.74, 6) is -0.345. The van der Waals surface area contributed by atoms with E-state index in [9.17, 15) is 9.59 Å². The fraction of sp³-hybridized carbons (Fsp3) is 0.462. The minimum Gasteiger partial charge on any atom is -0.347 e. The average molecular weight is 297 g/mol. The summed E-state index contributed by atoms with van der Waals surface area (Å²) >= 11 is 5.76. The van der Waals surface area contributed by atoms with Crippen LogP contribution in [-0.2, 0) is 4.79 Å². The summed E-state index contributed by atoms with van der Waals surface area (Å²) in [5, 5.41) is 3.61. The van der Waals surface area contributed by atoms with Gasteiger partial charge in [0, 0.05) is 39.9 Å². The lowest BCUT2D eigenvalue weighted by Gasteiger charge is -2.36. The molecule has 0 saturated carbocycles. The number of hydrogen-bond donors (Lipinski definition) is 1. The molecule has 1 unspecified atom stereocenters. The number of rotatable bonds is 2. The minimum atomic E-state index is -0.497. The van der Waals surface area contributed by atoms with Gasteiger partial charge in [0.15, 0.2) is 0 Å². The van der Waals surface area contributed by atoms with Crippen LogP contribution in [0.15, 0.2) is 18.3 Å². The third kappa shape index (κ3) is 3.08. The van der Waals surface area contributed by atoms with Gasteiger partial charge in [-0.15, -0.1) is 0 Å². The van der Waals surface area contributed by atoms with Gasteiger partial charge in [-0.1, -0.05) is 11.6 Å². The van der Waals surface area contributed by atoms with Crippen LogP contribution in [-0.4, -0.2) is 66.4 Å². The van der Waals surface area contributed by atoms with Crippen molar-refractivity contribution in [2.24, 2.45) is 0 Å². The fourth-order valence-electron chi connectivity index (χ4n) is 2.12. The van der Waals surface area contributed by atoms with Gasteiger partial charge < -0.3 is 15.1 Å². The summed E-state index contributed by atoms with van der Waals surface area (Å²) in [6.07, 6.45) is 1.43. The molecule has 6 nitrogen and oxygen atoms in total. The highest BCUT2D eigenvalue weighted by molar-refractivity contribution is 6.30. The highest BCUT2D eigenvalue weighted by Crippen LogP contribution is 2.13. The fourth-order valence-corrected chi connectivity index (χ4v) is 2.23. The van der Waals surface area contributed by atoms with Crippen LogP contribution in [0.5, 0.6) is 0 Å². The summed E-state index contributed by atoms with van der Waals surface area (Å²) in [5.41, 5.74) is 0.299. The lowest BCUT2D eigenvalue weighted by molar-refractivity contribution is -0.134. The molecule has 1 aliphatic heterocycles. The Morgan fingerprint density at radius 1 is 1.45 bits per heavy atom. The van der Waals surface area contributed by atoms with Crippen molar-refractivity contribution < 1.29 is 9.59 Å². The molecule has 1 aromatic heterocycles. The maximum atomic E-state index is 12.5. The van der Waals surface area contributed by atoms with E-state index in [1.165, 1.54) is 11.1 Å². The number of hydrogen-bond acceptors (Lipinski definition) is 4. The SMILES string of the molecule is CN(C)C(=O)C1CNCCN1C(=O)c1ccc(Cl)cn1. The van der Waals surface area contributed by atoms with Gasteiger partial charge in [0.25, 0.3) is 5.91 Å². The molecule has 1 aliphatic rings. The van der Waals surface area contributed by atoms with Crippen LogP contribution in [0.3, 0.4) is 0 Å². The molecule has 1 aromatic rings. The van der Waals surface area contributed by atoms with E-state index in [1.54, 1.807) is 31.1 Å². The highest BCUT2D eigenvalue weighted by atomic mass is 35.5. The number of likely N-dealkylation sites (N-methyl/N-ethyl adjacent to an activating group) is 1. The minimum absolute atomic E-state index is 0.0977. The quantitative estimate of drug-likeness (QED) is 0.849. The summed E-state index contributed by atoms with van der Waals surface area (Å²) in [7, 11) is 3.36. The Morgan fingerprint density at radius 2 is 2.20 bits per heavy atom. The first kappa shape index (κ1) is 14.7. The molecule has 20 heavy (non-hydrogen) atoms. The molecule has 108 valence electrons. The molecule has 1 saturated heterocycles. The number of aromatic nitrogens is 1. The zero-order valence-electron chi connectivity index (χ0n) is 11.5. The molecular weight excluding hydrogens is 280 g/mol. The second-order valence-electron chi connectivity index (χ2n) is 4.81. The van der Waals surface area contributed by atoms with E-state index in [0.29, 0.717) is 30.4 Å². The number of nitrogens with one attached hydrogen (secondary N) is 1. The number of halogens is 1. The zero-order valence-corrected chi connectivity index (χ0v) is 12.2. The Bertz CT molecular complexity index is 504. The molecule has 0 spiro atoms. The van der Waals surface area contributed by atoms with Crippen molar-refractivity contribution in [1.29, 1.82) is 0 Å². The highest BCUT2D eigenvalue weighted by Gasteiger charge is 2.33. The predicted octanol–water partition coefficient (Wildman–Crippen LogP) is 0.237. The van der Waals surface area contributed by atoms with Gasteiger partial charge in [-0.05, 0) is 12.1 Å². The van der Waals surface area contributed by atoms with E-state index in [1.807, 2.05) is 0 Å². The molecule has 2 rings (SSSR count). The molecular formula is C13H17ClN4O2. The Kier molecular flexibility index (Phi) is 4.57. The summed E-state index contributed by atoms with van der Waals surface area (Å²) in [4.78, 5) is 31.7. The van der Waals surface area contributed by atoms with E-state index < -0.39 is 6.04 Å². The van der Waals surface area contributed by atoms with Gasteiger partial charge in [-0.3, -0.25) is 9.59 Å². The molecule has 1 fully saturated rings. The normalized spacial score (nSPS) is 18.8. The molecule has 1 N–H and O–H groups in total.